The fourth-order valence-electron chi connectivity index (χ4n) is 6.19. The van der Waals surface area contributed by atoms with Crippen LogP contribution in [0.25, 0.3) is 0 Å². The molecule has 166 valence electrons. The lowest BCUT2D eigenvalue weighted by Gasteiger charge is -2.53. The minimum atomic E-state index is -1.11. The maximum Gasteiger partial charge on any atom is 0.259 e. The molecule has 0 aromatic rings. The zero-order chi connectivity index (χ0) is 21.3. The van der Waals surface area contributed by atoms with E-state index < -0.39 is 8.53 Å². The summed E-state index contributed by atoms with van der Waals surface area (Å²) >= 11 is 0. The third-order valence-electron chi connectivity index (χ3n) is 7.40. The van der Waals surface area contributed by atoms with E-state index in [1.807, 2.05) is 0 Å². The molecular weight excluding hydrogens is 393 g/mol. The molecule has 0 aromatic carbocycles. The number of hydrogen-bond acceptors (Lipinski definition) is 5. The molecular formula is C24H38N3O2P. The lowest BCUT2D eigenvalue weighted by Crippen LogP contribution is -2.49. The van der Waals surface area contributed by atoms with Crippen molar-refractivity contribution < 1.29 is 9.05 Å². The van der Waals surface area contributed by atoms with E-state index in [2.05, 4.69) is 67.6 Å². The Labute approximate surface area is 184 Å². The molecule has 4 aliphatic carbocycles. The van der Waals surface area contributed by atoms with E-state index in [4.69, 9.17) is 14.3 Å². The summed E-state index contributed by atoms with van der Waals surface area (Å²) in [6.45, 7) is 13.5. The highest BCUT2D eigenvalue weighted by Gasteiger charge is 2.54. The number of nitrogens with zero attached hydrogens (tertiary/aromatic N) is 3. The Morgan fingerprint density at radius 2 is 1.47 bits per heavy atom. The van der Waals surface area contributed by atoms with Gasteiger partial charge in [0.2, 0.25) is 0 Å². The van der Waals surface area contributed by atoms with Gasteiger partial charge in [-0.05, 0) is 69.6 Å². The van der Waals surface area contributed by atoms with E-state index in [0.717, 1.165) is 55.1 Å². The Bertz CT molecular complexity index is 650. The number of likely N-dealkylation sites (tertiary alicyclic amines) is 1. The van der Waals surface area contributed by atoms with Gasteiger partial charge in [0.1, 0.15) is 0 Å². The van der Waals surface area contributed by atoms with Gasteiger partial charge in [-0.1, -0.05) is 24.3 Å². The molecule has 2 fully saturated rings. The van der Waals surface area contributed by atoms with E-state index in [9.17, 15) is 0 Å². The van der Waals surface area contributed by atoms with E-state index in [-0.39, 0.29) is 0 Å². The van der Waals surface area contributed by atoms with Crippen molar-refractivity contribution in [3.63, 3.8) is 0 Å². The Morgan fingerprint density at radius 1 is 0.933 bits per heavy atom. The second-order valence-electron chi connectivity index (χ2n) is 9.90. The average molecular weight is 432 g/mol. The summed E-state index contributed by atoms with van der Waals surface area (Å²) in [5, 5.41) is 8.85. The van der Waals surface area contributed by atoms with Crippen molar-refractivity contribution >= 4 is 8.53 Å². The first-order valence-corrected chi connectivity index (χ1v) is 12.9. The maximum absolute atomic E-state index is 8.85. The molecule has 7 unspecified atom stereocenters. The molecule has 5 nitrogen and oxygen atoms in total. The van der Waals surface area contributed by atoms with E-state index in [0.29, 0.717) is 25.1 Å². The highest BCUT2D eigenvalue weighted by Crippen LogP contribution is 2.57. The van der Waals surface area contributed by atoms with Crippen LogP contribution >= 0.6 is 8.53 Å². The van der Waals surface area contributed by atoms with Gasteiger partial charge in [-0.15, -0.1) is 0 Å². The Morgan fingerprint density at radius 3 is 1.97 bits per heavy atom. The van der Waals surface area contributed by atoms with Gasteiger partial charge in [-0.25, -0.2) is 4.67 Å². The summed E-state index contributed by atoms with van der Waals surface area (Å²) in [5.41, 5.74) is 0. The molecule has 5 rings (SSSR count). The van der Waals surface area contributed by atoms with Crippen molar-refractivity contribution in [3.05, 3.63) is 24.3 Å². The van der Waals surface area contributed by atoms with Crippen LogP contribution in [0.4, 0.5) is 0 Å². The molecule has 6 heteroatoms. The van der Waals surface area contributed by atoms with Gasteiger partial charge in [-0.3, -0.25) is 0 Å². The summed E-state index contributed by atoms with van der Waals surface area (Å²) in [7, 11) is -1.11. The van der Waals surface area contributed by atoms with Gasteiger partial charge < -0.3 is 13.9 Å². The smallest absolute Gasteiger partial charge is 0.259 e. The predicted molar refractivity (Wildman–Crippen MR) is 121 cm³/mol. The minimum absolute atomic E-state index is 0.354. The van der Waals surface area contributed by atoms with Crippen molar-refractivity contribution in [3.8, 4) is 6.07 Å². The van der Waals surface area contributed by atoms with E-state index >= 15 is 0 Å². The molecule has 1 heterocycles. The van der Waals surface area contributed by atoms with Gasteiger partial charge in [0, 0.05) is 31.7 Å². The molecule has 7 atom stereocenters. The van der Waals surface area contributed by atoms with Crippen LogP contribution in [0, 0.1) is 46.8 Å². The van der Waals surface area contributed by atoms with Crippen LogP contribution in [0.5, 0.6) is 0 Å². The highest BCUT2D eigenvalue weighted by molar-refractivity contribution is 7.44. The topological polar surface area (TPSA) is 48.7 Å². The normalized spacial score (nSPS) is 35.0. The minimum Gasteiger partial charge on any atom is -0.322 e. The lowest BCUT2D eigenvalue weighted by atomic mass is 9.50. The van der Waals surface area contributed by atoms with Crippen LogP contribution in [0.1, 0.15) is 40.5 Å². The molecule has 1 saturated heterocycles. The SMILES string of the molecule is CC(C)N(C(C)C)P(OCCC#N)OCCCN1CC2C3C=CC(C4C=CC43)C2C1. The van der Waals surface area contributed by atoms with Crippen LogP contribution in [0.2, 0.25) is 0 Å². The van der Waals surface area contributed by atoms with Crippen molar-refractivity contribution in [2.45, 2.75) is 52.6 Å². The summed E-state index contributed by atoms with van der Waals surface area (Å²) in [6.07, 6.45) is 11.4. The molecule has 2 bridgehead atoms. The van der Waals surface area contributed by atoms with Gasteiger partial charge in [0.15, 0.2) is 0 Å². The number of allylic oxidation sites excluding steroid dienone is 4. The van der Waals surface area contributed by atoms with Crippen LogP contribution in [-0.4, -0.2) is 54.5 Å². The Hall–Kier alpha value is -0.760. The van der Waals surface area contributed by atoms with Gasteiger partial charge >= 0.3 is 0 Å². The lowest BCUT2D eigenvalue weighted by molar-refractivity contribution is 0.0672. The summed E-state index contributed by atoms with van der Waals surface area (Å²) in [4.78, 5) is 2.68. The first kappa shape index (κ1) is 22.4. The molecule has 0 aromatic heterocycles. The standard InChI is InChI=1S/C24H38N3O2P/c1-17(2)27(18(3)4)30(28-13-5-11-25)29-14-6-12-26-15-23-21-9-10-22(24(23)16-26)20-8-7-19(20)21/h7-10,17-24H,5-6,12-16H2,1-4H3. The zero-order valence-corrected chi connectivity index (χ0v) is 19.9. The molecule has 0 spiro atoms. The summed E-state index contributed by atoms with van der Waals surface area (Å²) in [6, 6.07) is 2.87. The Balaban J connectivity index is 1.24. The molecule has 30 heavy (non-hydrogen) atoms. The predicted octanol–water partition coefficient (Wildman–Crippen LogP) is 4.84. The van der Waals surface area contributed by atoms with E-state index in [1.165, 1.54) is 13.1 Å². The molecule has 0 amide bonds. The molecule has 0 radical (unpaired) electrons. The maximum atomic E-state index is 8.85. The summed E-state index contributed by atoms with van der Waals surface area (Å²) < 4.78 is 14.6. The van der Waals surface area contributed by atoms with Crippen molar-refractivity contribution in [2.75, 3.05) is 32.8 Å². The van der Waals surface area contributed by atoms with Crippen molar-refractivity contribution in [2.24, 2.45) is 35.5 Å². The molecule has 1 saturated carbocycles. The highest BCUT2D eigenvalue weighted by atomic mass is 31.2. The monoisotopic (exact) mass is 431 g/mol. The van der Waals surface area contributed by atoms with Crippen LogP contribution < -0.4 is 0 Å². The van der Waals surface area contributed by atoms with Crippen LogP contribution in [-0.2, 0) is 9.05 Å². The molecule has 0 N–H and O–H groups in total. The largest absolute Gasteiger partial charge is 0.322 e. The van der Waals surface area contributed by atoms with Gasteiger partial charge in [-0.2, -0.15) is 5.26 Å². The van der Waals surface area contributed by atoms with Crippen LogP contribution in [0.3, 0.4) is 0 Å². The van der Waals surface area contributed by atoms with E-state index in [1.54, 1.807) is 0 Å². The average Bonchev–Trinajstić information content (AvgIpc) is 3.10. The van der Waals surface area contributed by atoms with Crippen molar-refractivity contribution in [1.29, 1.82) is 5.26 Å². The number of hydrogen-bond donors (Lipinski definition) is 0. The first-order valence-electron chi connectivity index (χ1n) is 11.8. The van der Waals surface area contributed by atoms with Gasteiger partial charge in [0.25, 0.3) is 8.53 Å². The molecule has 5 aliphatic rings. The third-order valence-corrected chi connectivity index (χ3v) is 9.51. The second-order valence-corrected chi connectivity index (χ2v) is 11.4. The first-order chi connectivity index (χ1) is 14.5. The quantitative estimate of drug-likeness (QED) is 0.266. The van der Waals surface area contributed by atoms with Gasteiger partial charge in [0.05, 0.1) is 25.7 Å². The third kappa shape index (κ3) is 4.41. The van der Waals surface area contributed by atoms with Crippen LogP contribution in [0.15, 0.2) is 24.3 Å². The summed E-state index contributed by atoms with van der Waals surface area (Å²) in [5.74, 6) is 4.94. The fourth-order valence-corrected chi connectivity index (χ4v) is 7.82. The fraction of sp³-hybridized carbons (Fsp3) is 0.792. The Kier molecular flexibility index (Phi) is 7.33. The number of nitriles is 1. The molecule has 1 aliphatic heterocycles. The second kappa shape index (κ2) is 9.80. The zero-order valence-electron chi connectivity index (χ0n) is 19.0. The van der Waals surface area contributed by atoms with Crippen molar-refractivity contribution in [1.82, 2.24) is 9.57 Å². The number of rotatable bonds is 11.